The Hall–Kier alpha value is -0.640. The van der Waals surface area contributed by atoms with Crippen LogP contribution in [0.15, 0.2) is 0 Å². The summed E-state index contributed by atoms with van der Waals surface area (Å²) in [5.41, 5.74) is -0.843. The van der Waals surface area contributed by atoms with E-state index in [4.69, 9.17) is 5.11 Å². The van der Waals surface area contributed by atoms with E-state index >= 15 is 0 Å². The van der Waals surface area contributed by atoms with Crippen LogP contribution in [0.2, 0.25) is 0 Å². The molecule has 1 rings (SSSR count). The van der Waals surface area contributed by atoms with Crippen molar-refractivity contribution in [1.82, 2.24) is 4.90 Å². The summed E-state index contributed by atoms with van der Waals surface area (Å²) in [5, 5.41) is 9.03. The van der Waals surface area contributed by atoms with Crippen molar-refractivity contribution in [2.75, 3.05) is 19.8 Å². The second-order valence-electron chi connectivity index (χ2n) is 3.71. The first-order chi connectivity index (χ1) is 6.11. The maximum absolute atomic E-state index is 12.1. The van der Waals surface area contributed by atoms with Crippen LogP contribution in [0.5, 0.6) is 0 Å². The van der Waals surface area contributed by atoms with Crippen LogP contribution in [0, 0.1) is 0 Å². The predicted octanol–water partition coefficient (Wildman–Crippen LogP) is 1.29. The van der Waals surface area contributed by atoms with Crippen molar-refractivity contribution in [3.05, 3.63) is 0 Å². The Morgan fingerprint density at radius 2 is 2.31 bits per heavy atom. The van der Waals surface area contributed by atoms with E-state index < -0.39 is 18.2 Å². The van der Waals surface area contributed by atoms with Gasteiger partial charge >= 0.3 is 5.97 Å². The lowest BCUT2D eigenvalue weighted by Crippen LogP contribution is -2.55. The number of rotatable bonds is 3. The maximum Gasteiger partial charge on any atom is 0.323 e. The Balaban J connectivity index is 2.71. The third-order valence-electron chi connectivity index (χ3n) is 2.85. The zero-order valence-electron chi connectivity index (χ0n) is 7.92. The van der Waals surface area contributed by atoms with E-state index in [-0.39, 0.29) is 6.54 Å². The number of carboxylic acid groups (broad SMARTS) is 1. The van der Waals surface area contributed by atoms with Crippen LogP contribution in [0.25, 0.3) is 0 Å². The van der Waals surface area contributed by atoms with Crippen molar-refractivity contribution in [3.8, 4) is 0 Å². The molecule has 1 N–H and O–H groups in total. The average Bonchev–Trinajstić information content (AvgIpc) is 2.09. The number of carbonyl (C=O) groups is 1. The van der Waals surface area contributed by atoms with E-state index in [9.17, 15) is 9.18 Å². The molecule has 1 aliphatic heterocycles. The molecule has 1 atom stereocenters. The lowest BCUT2D eigenvalue weighted by Gasteiger charge is -2.41. The second-order valence-corrected chi connectivity index (χ2v) is 3.71. The first kappa shape index (κ1) is 10.4. The molecule has 1 heterocycles. The van der Waals surface area contributed by atoms with Crippen LogP contribution in [0.3, 0.4) is 0 Å². The van der Waals surface area contributed by atoms with Gasteiger partial charge in [-0.05, 0) is 32.7 Å². The molecule has 0 bridgehead atoms. The molecule has 0 saturated carbocycles. The molecule has 1 aliphatic rings. The number of hydrogen-bond donors (Lipinski definition) is 1. The minimum Gasteiger partial charge on any atom is -0.480 e. The summed E-state index contributed by atoms with van der Waals surface area (Å²) in [4.78, 5) is 12.7. The molecular weight excluding hydrogens is 173 g/mol. The zero-order valence-corrected chi connectivity index (χ0v) is 7.92. The van der Waals surface area contributed by atoms with Crippen molar-refractivity contribution in [2.24, 2.45) is 0 Å². The summed E-state index contributed by atoms with van der Waals surface area (Å²) >= 11 is 0. The van der Waals surface area contributed by atoms with Gasteiger partial charge in [0, 0.05) is 6.54 Å². The maximum atomic E-state index is 12.1. The smallest absolute Gasteiger partial charge is 0.323 e. The van der Waals surface area contributed by atoms with Crippen molar-refractivity contribution in [2.45, 2.75) is 31.7 Å². The number of carboxylic acids is 1. The van der Waals surface area contributed by atoms with Crippen molar-refractivity contribution >= 4 is 5.97 Å². The number of aliphatic carboxylic acids is 1. The summed E-state index contributed by atoms with van der Waals surface area (Å²) in [7, 11) is 0. The van der Waals surface area contributed by atoms with Gasteiger partial charge in [0.2, 0.25) is 0 Å². The van der Waals surface area contributed by atoms with Crippen LogP contribution in [-0.2, 0) is 4.79 Å². The minimum absolute atomic E-state index is 0.239. The zero-order chi connectivity index (χ0) is 9.90. The minimum atomic E-state index is -0.843. The van der Waals surface area contributed by atoms with Crippen LogP contribution < -0.4 is 0 Å². The number of piperidine rings is 1. The second kappa shape index (κ2) is 4.05. The summed E-state index contributed by atoms with van der Waals surface area (Å²) < 4.78 is 12.1. The standard InChI is InChI=1S/C9H16FNO2/c1-9(8(12)13)4-2-3-6-11(9)7-5-10/h2-7H2,1H3,(H,12,13). The molecule has 4 heteroatoms. The van der Waals surface area contributed by atoms with Gasteiger partial charge in [-0.1, -0.05) is 0 Å². The Morgan fingerprint density at radius 3 is 2.85 bits per heavy atom. The molecule has 0 spiro atoms. The average molecular weight is 189 g/mol. The van der Waals surface area contributed by atoms with Gasteiger partial charge in [0.25, 0.3) is 0 Å². The first-order valence-corrected chi connectivity index (χ1v) is 4.65. The van der Waals surface area contributed by atoms with E-state index in [0.717, 1.165) is 12.8 Å². The third kappa shape index (κ3) is 1.99. The summed E-state index contributed by atoms with van der Waals surface area (Å²) in [6, 6.07) is 0. The molecule has 0 aliphatic carbocycles. The predicted molar refractivity (Wildman–Crippen MR) is 47.4 cm³/mol. The molecule has 1 saturated heterocycles. The number of nitrogens with zero attached hydrogens (tertiary/aromatic N) is 1. The van der Waals surface area contributed by atoms with Crippen LogP contribution >= 0.6 is 0 Å². The van der Waals surface area contributed by atoms with Gasteiger partial charge in [0.1, 0.15) is 12.2 Å². The highest BCUT2D eigenvalue weighted by Gasteiger charge is 2.40. The van der Waals surface area contributed by atoms with Gasteiger partial charge in [0.15, 0.2) is 0 Å². The molecule has 0 radical (unpaired) electrons. The van der Waals surface area contributed by atoms with E-state index in [1.165, 1.54) is 0 Å². The fourth-order valence-corrected chi connectivity index (χ4v) is 1.88. The fraction of sp³-hybridized carbons (Fsp3) is 0.889. The molecule has 0 amide bonds. The van der Waals surface area contributed by atoms with Gasteiger partial charge in [0.05, 0.1) is 0 Å². The van der Waals surface area contributed by atoms with Crippen LogP contribution in [0.1, 0.15) is 26.2 Å². The SMILES string of the molecule is CC1(C(=O)O)CCCCN1CCF. The highest BCUT2D eigenvalue weighted by atomic mass is 19.1. The van der Waals surface area contributed by atoms with E-state index in [1.807, 2.05) is 0 Å². The lowest BCUT2D eigenvalue weighted by atomic mass is 9.88. The van der Waals surface area contributed by atoms with Gasteiger partial charge in [-0.3, -0.25) is 9.69 Å². The number of alkyl halides is 1. The number of halogens is 1. The third-order valence-corrected chi connectivity index (χ3v) is 2.85. The van der Waals surface area contributed by atoms with Crippen molar-refractivity contribution < 1.29 is 14.3 Å². The summed E-state index contributed by atoms with van der Waals surface area (Å²) in [6.45, 7) is 2.16. The highest BCUT2D eigenvalue weighted by molar-refractivity contribution is 5.78. The van der Waals surface area contributed by atoms with Crippen LogP contribution in [-0.4, -0.2) is 41.3 Å². The topological polar surface area (TPSA) is 40.5 Å². The molecule has 0 aromatic rings. The Labute approximate surface area is 77.5 Å². The number of likely N-dealkylation sites (tertiary alicyclic amines) is 1. The molecule has 13 heavy (non-hydrogen) atoms. The molecule has 76 valence electrons. The number of hydrogen-bond acceptors (Lipinski definition) is 2. The molecular formula is C9H16FNO2. The summed E-state index contributed by atoms with van der Waals surface area (Å²) in [5.74, 6) is -0.833. The van der Waals surface area contributed by atoms with Crippen LogP contribution in [0.4, 0.5) is 4.39 Å². The van der Waals surface area contributed by atoms with Crippen molar-refractivity contribution in [3.63, 3.8) is 0 Å². The normalized spacial score (nSPS) is 30.3. The molecule has 1 unspecified atom stereocenters. The van der Waals surface area contributed by atoms with Gasteiger partial charge in [-0.25, -0.2) is 4.39 Å². The highest BCUT2D eigenvalue weighted by Crippen LogP contribution is 2.27. The molecule has 0 aromatic heterocycles. The van der Waals surface area contributed by atoms with Crippen molar-refractivity contribution in [1.29, 1.82) is 0 Å². The molecule has 1 fully saturated rings. The Kier molecular flexibility index (Phi) is 3.25. The largest absolute Gasteiger partial charge is 0.480 e. The first-order valence-electron chi connectivity index (χ1n) is 4.65. The van der Waals surface area contributed by atoms with E-state index in [2.05, 4.69) is 0 Å². The van der Waals surface area contributed by atoms with E-state index in [0.29, 0.717) is 13.0 Å². The Morgan fingerprint density at radius 1 is 1.62 bits per heavy atom. The molecule has 0 aromatic carbocycles. The molecule has 3 nitrogen and oxygen atoms in total. The monoisotopic (exact) mass is 189 g/mol. The van der Waals surface area contributed by atoms with E-state index in [1.54, 1.807) is 11.8 Å². The fourth-order valence-electron chi connectivity index (χ4n) is 1.88. The van der Waals surface area contributed by atoms with Gasteiger partial charge in [-0.15, -0.1) is 0 Å². The van der Waals surface area contributed by atoms with Gasteiger partial charge in [-0.2, -0.15) is 0 Å². The quantitative estimate of drug-likeness (QED) is 0.727. The lowest BCUT2D eigenvalue weighted by molar-refractivity contribution is -0.153. The van der Waals surface area contributed by atoms with Gasteiger partial charge < -0.3 is 5.11 Å². The Bertz CT molecular complexity index is 196. The summed E-state index contributed by atoms with van der Waals surface area (Å²) in [6.07, 6.45) is 2.52.